The highest BCUT2D eigenvalue weighted by atomic mass is 32.2. The molecule has 6 heteroatoms. The van der Waals surface area contributed by atoms with Gasteiger partial charge in [0.15, 0.2) is 0 Å². The third-order valence-electron chi connectivity index (χ3n) is 2.79. The van der Waals surface area contributed by atoms with Gasteiger partial charge in [-0.1, -0.05) is 12.1 Å². The Morgan fingerprint density at radius 1 is 1.24 bits per heavy atom. The topological polar surface area (TPSA) is 80.5 Å². The van der Waals surface area contributed by atoms with E-state index >= 15 is 0 Å². The number of carbonyl (C=O) groups is 1. The van der Waals surface area contributed by atoms with Gasteiger partial charge >= 0.3 is 0 Å². The van der Waals surface area contributed by atoms with E-state index in [-0.39, 0.29) is 11.3 Å². The largest absolute Gasteiger partial charge is 0.366 e. The number of benzene rings is 1. The molecule has 0 radical (unpaired) electrons. The summed E-state index contributed by atoms with van der Waals surface area (Å²) in [4.78, 5) is 11.3. The molecule has 1 amide bonds. The van der Waals surface area contributed by atoms with Crippen molar-refractivity contribution in [2.75, 3.05) is 16.6 Å². The van der Waals surface area contributed by atoms with Gasteiger partial charge in [-0.2, -0.15) is 0 Å². The molecule has 1 aromatic rings. The van der Waals surface area contributed by atoms with Crippen molar-refractivity contribution < 1.29 is 13.2 Å². The number of nitrogens with zero attached hydrogens (tertiary/aromatic N) is 1. The maximum absolute atomic E-state index is 11.9. The Hall–Kier alpha value is -1.56. The third kappa shape index (κ3) is 2.26. The highest BCUT2D eigenvalue weighted by molar-refractivity contribution is 7.92. The van der Waals surface area contributed by atoms with E-state index in [0.717, 1.165) is 6.42 Å². The summed E-state index contributed by atoms with van der Waals surface area (Å²) in [5.41, 5.74) is 5.89. The minimum absolute atomic E-state index is 0.125. The second-order valence-corrected chi connectivity index (χ2v) is 5.99. The van der Waals surface area contributed by atoms with E-state index < -0.39 is 15.9 Å². The molecule has 0 aliphatic carbocycles. The van der Waals surface area contributed by atoms with Crippen molar-refractivity contribution in [3.05, 3.63) is 29.8 Å². The van der Waals surface area contributed by atoms with Crippen LogP contribution in [0.25, 0.3) is 0 Å². The van der Waals surface area contributed by atoms with Crippen LogP contribution >= 0.6 is 0 Å². The molecule has 5 nitrogen and oxygen atoms in total. The van der Waals surface area contributed by atoms with Crippen molar-refractivity contribution in [2.24, 2.45) is 5.73 Å². The van der Waals surface area contributed by atoms with E-state index in [1.54, 1.807) is 24.3 Å². The third-order valence-corrected chi connectivity index (χ3v) is 4.64. The Bertz CT molecular complexity index is 539. The van der Waals surface area contributed by atoms with Gasteiger partial charge in [-0.25, -0.2) is 8.42 Å². The lowest BCUT2D eigenvalue weighted by Crippen LogP contribution is -2.39. The van der Waals surface area contributed by atoms with E-state index in [9.17, 15) is 13.2 Å². The predicted octanol–water partition coefficient (Wildman–Crippen LogP) is 0.716. The first-order valence-electron chi connectivity index (χ1n) is 5.41. The van der Waals surface area contributed by atoms with Crippen LogP contribution in [0.3, 0.4) is 0 Å². The number of rotatable bonds is 2. The molecule has 0 aromatic heterocycles. The lowest BCUT2D eigenvalue weighted by Gasteiger charge is -2.29. The molecule has 92 valence electrons. The van der Waals surface area contributed by atoms with Gasteiger partial charge in [0.2, 0.25) is 10.0 Å². The summed E-state index contributed by atoms with van der Waals surface area (Å²) in [7, 11) is -3.31. The Labute approximate surface area is 100 Å². The molecule has 1 saturated heterocycles. The van der Waals surface area contributed by atoms with Gasteiger partial charge in [-0.15, -0.1) is 0 Å². The van der Waals surface area contributed by atoms with Gasteiger partial charge in [0, 0.05) is 6.54 Å². The maximum Gasteiger partial charge on any atom is 0.250 e. The molecule has 1 aliphatic heterocycles. The Morgan fingerprint density at radius 3 is 2.59 bits per heavy atom. The first-order valence-corrected chi connectivity index (χ1v) is 7.02. The van der Waals surface area contributed by atoms with Crippen molar-refractivity contribution in [3.63, 3.8) is 0 Å². The molecule has 1 fully saturated rings. The molecule has 1 heterocycles. The van der Waals surface area contributed by atoms with Crippen LogP contribution in [0.4, 0.5) is 5.69 Å². The molecule has 0 atom stereocenters. The summed E-state index contributed by atoms with van der Waals surface area (Å²) < 4.78 is 25.2. The van der Waals surface area contributed by atoms with Crippen LogP contribution < -0.4 is 10.0 Å². The lowest BCUT2D eigenvalue weighted by atomic mass is 10.1. The molecule has 0 unspecified atom stereocenters. The summed E-state index contributed by atoms with van der Waals surface area (Å²) >= 11 is 0. The van der Waals surface area contributed by atoms with Crippen LogP contribution in [0, 0.1) is 0 Å². The first-order chi connectivity index (χ1) is 8.02. The highest BCUT2D eigenvalue weighted by Gasteiger charge is 2.28. The van der Waals surface area contributed by atoms with Gasteiger partial charge in [0.05, 0.1) is 17.0 Å². The van der Waals surface area contributed by atoms with E-state index in [1.165, 1.54) is 4.31 Å². The minimum Gasteiger partial charge on any atom is -0.366 e. The Kier molecular flexibility index (Phi) is 3.06. The smallest absolute Gasteiger partial charge is 0.250 e. The Morgan fingerprint density at radius 2 is 1.94 bits per heavy atom. The molecule has 0 bridgehead atoms. The fourth-order valence-corrected chi connectivity index (χ4v) is 3.61. The van der Waals surface area contributed by atoms with Gasteiger partial charge in [0.25, 0.3) is 5.91 Å². The van der Waals surface area contributed by atoms with E-state index in [4.69, 9.17) is 5.73 Å². The summed E-state index contributed by atoms with van der Waals surface area (Å²) in [5, 5.41) is 0. The summed E-state index contributed by atoms with van der Waals surface area (Å²) in [5.74, 6) is -0.485. The molecule has 2 N–H and O–H groups in total. The molecule has 0 saturated carbocycles. The number of carbonyl (C=O) groups excluding carboxylic acids is 1. The van der Waals surface area contributed by atoms with E-state index in [1.807, 2.05) is 0 Å². The number of hydrogen-bond donors (Lipinski definition) is 1. The fraction of sp³-hybridized carbons (Fsp3) is 0.364. The number of sulfonamides is 1. The predicted molar refractivity (Wildman–Crippen MR) is 65.3 cm³/mol. The van der Waals surface area contributed by atoms with Crippen molar-refractivity contribution in [2.45, 2.75) is 12.8 Å². The summed E-state index contributed by atoms with van der Waals surface area (Å²) in [6.07, 6.45) is 1.46. The van der Waals surface area contributed by atoms with Crippen molar-refractivity contribution >= 4 is 21.6 Å². The van der Waals surface area contributed by atoms with Gasteiger partial charge in [-0.3, -0.25) is 9.10 Å². The number of anilines is 1. The monoisotopic (exact) mass is 254 g/mol. The zero-order chi connectivity index (χ0) is 12.5. The second-order valence-electron chi connectivity index (χ2n) is 3.98. The van der Waals surface area contributed by atoms with Crippen molar-refractivity contribution in [1.29, 1.82) is 0 Å². The zero-order valence-corrected chi connectivity index (χ0v) is 10.1. The number of primary amides is 1. The standard InChI is InChI=1S/C11H14N2O3S/c12-11(14)9-5-1-2-6-10(9)13-7-3-4-8-17(13,15)16/h1-2,5-6H,3-4,7-8H2,(H2,12,14). The number of amides is 1. The van der Waals surface area contributed by atoms with Gasteiger partial charge in [0.1, 0.15) is 0 Å². The second kappa shape index (κ2) is 4.37. The van der Waals surface area contributed by atoms with E-state index in [2.05, 4.69) is 0 Å². The van der Waals surface area contributed by atoms with Crippen molar-refractivity contribution in [1.82, 2.24) is 0 Å². The van der Waals surface area contributed by atoms with E-state index in [0.29, 0.717) is 18.7 Å². The molecular weight excluding hydrogens is 240 g/mol. The Balaban J connectivity index is 2.49. The first kappa shape index (κ1) is 11.9. The normalized spacial score (nSPS) is 18.9. The number of nitrogens with two attached hydrogens (primary N) is 1. The average Bonchev–Trinajstić information content (AvgIpc) is 2.28. The lowest BCUT2D eigenvalue weighted by molar-refractivity contribution is 0.100. The summed E-state index contributed by atoms with van der Waals surface area (Å²) in [6, 6.07) is 6.52. The van der Waals surface area contributed by atoms with Crippen LogP contribution in [0.1, 0.15) is 23.2 Å². The summed E-state index contributed by atoms with van der Waals surface area (Å²) in [6.45, 7) is 0.409. The maximum atomic E-state index is 11.9. The average molecular weight is 254 g/mol. The zero-order valence-electron chi connectivity index (χ0n) is 9.30. The molecule has 0 spiro atoms. The van der Waals surface area contributed by atoms with Crippen LogP contribution in [-0.4, -0.2) is 26.6 Å². The highest BCUT2D eigenvalue weighted by Crippen LogP contribution is 2.26. The molecule has 17 heavy (non-hydrogen) atoms. The fourth-order valence-electron chi connectivity index (χ4n) is 1.96. The van der Waals surface area contributed by atoms with Crippen molar-refractivity contribution in [3.8, 4) is 0 Å². The number of para-hydroxylation sites is 1. The van der Waals surface area contributed by atoms with Crippen LogP contribution in [0.15, 0.2) is 24.3 Å². The minimum atomic E-state index is -3.31. The quantitative estimate of drug-likeness (QED) is 0.844. The van der Waals surface area contributed by atoms with Crippen LogP contribution in [0.2, 0.25) is 0 Å². The molecular formula is C11H14N2O3S. The molecule has 2 rings (SSSR count). The number of hydrogen-bond acceptors (Lipinski definition) is 3. The van der Waals surface area contributed by atoms with Gasteiger partial charge in [-0.05, 0) is 25.0 Å². The van der Waals surface area contributed by atoms with Gasteiger partial charge < -0.3 is 5.73 Å². The SMILES string of the molecule is NC(=O)c1ccccc1N1CCCCS1(=O)=O. The molecule has 1 aromatic carbocycles. The molecule has 1 aliphatic rings. The van der Waals surface area contributed by atoms with Crippen LogP contribution in [-0.2, 0) is 10.0 Å². The van der Waals surface area contributed by atoms with Crippen LogP contribution in [0.5, 0.6) is 0 Å².